The zero-order valence-electron chi connectivity index (χ0n) is 6.90. The van der Waals surface area contributed by atoms with Crippen molar-refractivity contribution in [1.82, 2.24) is 0 Å². The van der Waals surface area contributed by atoms with E-state index in [4.69, 9.17) is 0 Å². The number of hydrogen-bond donors (Lipinski definition) is 0. The van der Waals surface area contributed by atoms with Crippen molar-refractivity contribution in [2.45, 2.75) is 41.1 Å². The summed E-state index contributed by atoms with van der Waals surface area (Å²) in [6.45, 7) is 2.23. The van der Waals surface area contributed by atoms with E-state index in [1.807, 2.05) is 0 Å². The summed E-state index contributed by atoms with van der Waals surface area (Å²) >= 11 is 8.21. The van der Waals surface area contributed by atoms with Gasteiger partial charge in [-0.2, -0.15) is 0 Å². The molecule has 0 aromatic heterocycles. The van der Waals surface area contributed by atoms with E-state index in [0.29, 0.717) is 0 Å². The first kappa shape index (κ1) is 12.6. The zero-order chi connectivity index (χ0) is 8.69. The molecule has 0 aromatic carbocycles. The zero-order valence-corrected chi connectivity index (χ0v) is 12.5. The summed E-state index contributed by atoms with van der Waals surface area (Å²) in [6.07, 6.45) is 6.22. The van der Waals surface area contributed by atoms with E-state index in [0.717, 1.165) is 9.63 Å². The Kier molecular flexibility index (Phi) is 9.33. The molecule has 11 heavy (non-hydrogen) atoms. The van der Waals surface area contributed by atoms with E-state index in [1.54, 1.807) is 0 Å². The van der Waals surface area contributed by atoms with Gasteiger partial charge in [0.2, 0.25) is 0 Å². The number of unbranched alkanes of at least 4 members (excludes halogenated alkanes) is 2. The quantitative estimate of drug-likeness (QED) is 0.497. The van der Waals surface area contributed by atoms with Gasteiger partial charge in [0, 0.05) is 0 Å². The molecule has 0 aliphatic heterocycles. The van der Waals surface area contributed by atoms with E-state index in [2.05, 4.69) is 61.4 Å². The third-order valence-electron chi connectivity index (χ3n) is 1.53. The van der Waals surface area contributed by atoms with Crippen LogP contribution < -0.4 is 0 Å². The van der Waals surface area contributed by atoms with Gasteiger partial charge in [0.25, 0.3) is 0 Å². The fraction of sp³-hybridized carbons (Fsp3) is 0.875. The van der Waals surface area contributed by atoms with Crippen molar-refractivity contribution in [3.63, 3.8) is 0 Å². The van der Waals surface area contributed by atoms with Gasteiger partial charge in [-0.1, -0.05) is 0 Å². The van der Waals surface area contributed by atoms with Crippen LogP contribution in [0.1, 0.15) is 26.2 Å². The van der Waals surface area contributed by atoms with Crippen LogP contribution in [0.4, 0.5) is 0 Å². The average Bonchev–Trinajstić information content (AvgIpc) is 2.03. The Bertz CT molecular complexity index is 85.4. The van der Waals surface area contributed by atoms with Crippen LogP contribution in [0.3, 0.4) is 0 Å². The van der Waals surface area contributed by atoms with Gasteiger partial charge in [-0.25, -0.2) is 0 Å². The van der Waals surface area contributed by atoms with Gasteiger partial charge in [-0.3, -0.25) is 0 Å². The van der Waals surface area contributed by atoms with Crippen LogP contribution in [0.2, 0.25) is 15.0 Å². The van der Waals surface area contributed by atoms with Crippen LogP contribution in [0.15, 0.2) is 0 Å². The molecule has 0 nitrogen and oxygen atoms in total. The minimum absolute atomic E-state index is 0.774. The molecule has 0 amide bonds. The Hall–Kier alpha value is 1.56. The average molecular weight is 350 g/mol. The molecule has 0 rings (SSSR count). The summed E-state index contributed by atoms with van der Waals surface area (Å²) in [7, 11) is 0. The summed E-state index contributed by atoms with van der Waals surface area (Å²) in [5.74, 6) is 0. The first-order valence-corrected chi connectivity index (χ1v) is 7.50. The summed E-state index contributed by atoms with van der Waals surface area (Å²) in [5.41, 5.74) is 0. The van der Waals surface area contributed by atoms with Crippen molar-refractivity contribution in [2.75, 3.05) is 0 Å². The fourth-order valence-corrected chi connectivity index (χ4v) is 2.88. The van der Waals surface area contributed by atoms with E-state index in [9.17, 15) is 0 Å². The van der Waals surface area contributed by atoms with E-state index >= 15 is 0 Å². The van der Waals surface area contributed by atoms with E-state index < -0.39 is 0 Å². The maximum absolute atomic E-state index is 2.78. The van der Waals surface area contributed by atoms with Crippen LogP contribution in [-0.4, -0.2) is 48.0 Å². The Morgan fingerprint density at radius 2 is 1.91 bits per heavy atom. The number of rotatable bonds is 6. The van der Waals surface area contributed by atoms with Crippen LogP contribution >= 0.6 is 0 Å². The second-order valence-corrected chi connectivity index (χ2v) is 6.18. The molecule has 0 spiro atoms. The molecule has 0 aromatic rings. The van der Waals surface area contributed by atoms with Crippen molar-refractivity contribution >= 4 is 48.0 Å². The third-order valence-corrected chi connectivity index (χ3v) is 7.16. The predicted molar refractivity (Wildman–Crippen MR) is 57.6 cm³/mol. The van der Waals surface area contributed by atoms with Crippen LogP contribution in [-0.2, 0) is 0 Å². The molecular formula is C8H17Se3. The van der Waals surface area contributed by atoms with Gasteiger partial charge in [-0.05, 0) is 0 Å². The molecule has 0 aliphatic rings. The van der Waals surface area contributed by atoms with Gasteiger partial charge < -0.3 is 0 Å². The third kappa shape index (κ3) is 6.70. The summed E-state index contributed by atoms with van der Waals surface area (Å²) in [5, 5.41) is 1.21. The Morgan fingerprint density at radius 1 is 1.27 bits per heavy atom. The second kappa shape index (κ2) is 8.17. The molecule has 0 saturated heterocycles. The SMILES string of the molecule is CCC[CH]CC([SeH])C([SeH])C[SeH]. The molecule has 0 bridgehead atoms. The van der Waals surface area contributed by atoms with Crippen LogP contribution in [0, 0.1) is 6.42 Å². The normalized spacial score (nSPS) is 16.4. The van der Waals surface area contributed by atoms with Gasteiger partial charge in [0.15, 0.2) is 0 Å². The first-order valence-electron chi connectivity index (χ1n) is 4.01. The molecule has 2 unspecified atom stereocenters. The van der Waals surface area contributed by atoms with Gasteiger partial charge in [0.05, 0.1) is 0 Å². The molecule has 0 fully saturated rings. The Morgan fingerprint density at radius 3 is 2.36 bits per heavy atom. The first-order chi connectivity index (χ1) is 5.22. The minimum atomic E-state index is 0.774. The van der Waals surface area contributed by atoms with Crippen molar-refractivity contribution in [3.05, 3.63) is 6.42 Å². The molecular weight excluding hydrogens is 333 g/mol. The summed E-state index contributed by atoms with van der Waals surface area (Å²) in [4.78, 5) is 1.55. The molecule has 0 aliphatic carbocycles. The molecule has 1 radical (unpaired) electrons. The van der Waals surface area contributed by atoms with Crippen LogP contribution in [0.5, 0.6) is 0 Å². The van der Waals surface area contributed by atoms with Crippen LogP contribution in [0.25, 0.3) is 0 Å². The van der Waals surface area contributed by atoms with Gasteiger partial charge in [0.1, 0.15) is 0 Å². The number of hydrogen-bond acceptors (Lipinski definition) is 0. The van der Waals surface area contributed by atoms with Crippen molar-refractivity contribution in [1.29, 1.82) is 0 Å². The van der Waals surface area contributed by atoms with E-state index in [1.165, 1.54) is 24.6 Å². The fourth-order valence-electron chi connectivity index (χ4n) is 0.771. The van der Waals surface area contributed by atoms with Gasteiger partial charge >= 0.3 is 95.6 Å². The Balaban J connectivity index is 3.28. The molecule has 3 heteroatoms. The molecule has 0 heterocycles. The van der Waals surface area contributed by atoms with Crippen molar-refractivity contribution in [2.24, 2.45) is 0 Å². The topological polar surface area (TPSA) is 0 Å². The summed E-state index contributed by atoms with van der Waals surface area (Å²) < 4.78 is 0. The molecule has 0 saturated carbocycles. The van der Waals surface area contributed by atoms with Crippen molar-refractivity contribution < 1.29 is 0 Å². The molecule has 0 N–H and O–H groups in total. The monoisotopic (exact) mass is 353 g/mol. The second-order valence-electron chi connectivity index (χ2n) is 2.63. The maximum atomic E-state index is 2.78. The van der Waals surface area contributed by atoms with Crippen molar-refractivity contribution in [3.8, 4) is 0 Å². The van der Waals surface area contributed by atoms with E-state index in [-0.39, 0.29) is 0 Å². The molecule has 2 atom stereocenters. The van der Waals surface area contributed by atoms with Gasteiger partial charge in [-0.15, -0.1) is 0 Å². The Labute approximate surface area is 95.1 Å². The molecule has 67 valence electrons. The summed E-state index contributed by atoms with van der Waals surface area (Å²) in [6, 6.07) is 0. The standard InChI is InChI=1S/C8H17Se3/c1-2-3-4-5-7(10)8(11)6-9/h4,7-11H,2-3,5-6H2,1H3. The predicted octanol–water partition coefficient (Wildman–Crippen LogP) is 1.08.